The molecule has 0 bridgehead atoms. The van der Waals surface area contributed by atoms with Gasteiger partial charge in [-0.05, 0) is 68.8 Å². The first-order valence-corrected chi connectivity index (χ1v) is 8.60. The molecule has 1 nitrogen and oxygen atoms in total. The Kier molecular flexibility index (Phi) is 6.26. The summed E-state index contributed by atoms with van der Waals surface area (Å²) in [5.74, 6) is 2.93. The van der Waals surface area contributed by atoms with Gasteiger partial charge in [-0.1, -0.05) is 33.1 Å². The monoisotopic (exact) mass is 264 g/mol. The van der Waals surface area contributed by atoms with Gasteiger partial charge in [0.15, 0.2) is 0 Å². The molecule has 0 radical (unpaired) electrons. The first-order valence-electron chi connectivity index (χ1n) is 8.60. The van der Waals surface area contributed by atoms with Crippen LogP contribution in [0.3, 0.4) is 0 Å². The maximum absolute atomic E-state index is 5.95. The van der Waals surface area contributed by atoms with Crippen molar-refractivity contribution in [2.24, 2.45) is 17.8 Å². The van der Waals surface area contributed by atoms with Gasteiger partial charge in [0.25, 0.3) is 0 Å². The van der Waals surface area contributed by atoms with E-state index in [2.05, 4.69) is 19.9 Å². The van der Waals surface area contributed by atoms with Gasteiger partial charge in [0, 0.05) is 0 Å². The van der Waals surface area contributed by atoms with Gasteiger partial charge in [0.05, 0.1) is 12.4 Å². The molecule has 2 rings (SSSR count). The summed E-state index contributed by atoms with van der Waals surface area (Å²) in [5.41, 5.74) is 0. The number of rotatable bonds is 5. The van der Waals surface area contributed by atoms with Crippen LogP contribution in [0.15, 0.2) is 12.3 Å². The predicted molar refractivity (Wildman–Crippen MR) is 82.0 cm³/mol. The Morgan fingerprint density at radius 2 is 1.79 bits per heavy atom. The number of ether oxygens (including phenoxy) is 1. The standard InChI is InChI=1S/C18H32O/c1-3-4-5-13-19-18-8-6-7-17(14-18)16-11-9-15(2)10-12-16/h5,13,15-18H,3-4,6-12,14H2,1-2H3/b13-5+/t15?,16?,17-,18-/m1/s1. The molecule has 0 spiro atoms. The Morgan fingerprint density at radius 1 is 1.00 bits per heavy atom. The fraction of sp³-hybridized carbons (Fsp3) is 0.889. The van der Waals surface area contributed by atoms with Crippen molar-refractivity contribution in [3.8, 4) is 0 Å². The van der Waals surface area contributed by atoms with Crippen LogP contribution in [0.25, 0.3) is 0 Å². The minimum Gasteiger partial charge on any atom is -0.498 e. The summed E-state index contributed by atoms with van der Waals surface area (Å²) in [6, 6.07) is 0. The lowest BCUT2D eigenvalue weighted by atomic mass is 9.71. The molecule has 0 saturated heterocycles. The summed E-state index contributed by atoms with van der Waals surface area (Å²) in [7, 11) is 0. The van der Waals surface area contributed by atoms with Crippen molar-refractivity contribution in [2.75, 3.05) is 0 Å². The molecular weight excluding hydrogens is 232 g/mol. The Bertz CT molecular complexity index is 263. The van der Waals surface area contributed by atoms with Crippen LogP contribution in [0.1, 0.15) is 78.1 Å². The van der Waals surface area contributed by atoms with E-state index in [1.54, 1.807) is 0 Å². The summed E-state index contributed by atoms with van der Waals surface area (Å²) in [4.78, 5) is 0. The van der Waals surface area contributed by atoms with Gasteiger partial charge in [-0.2, -0.15) is 0 Å². The van der Waals surface area contributed by atoms with Crippen LogP contribution in [0.2, 0.25) is 0 Å². The zero-order chi connectivity index (χ0) is 13.5. The number of unbranched alkanes of at least 4 members (excludes halogenated alkanes) is 1. The van der Waals surface area contributed by atoms with E-state index in [9.17, 15) is 0 Å². The third-order valence-corrected chi connectivity index (χ3v) is 5.22. The quantitative estimate of drug-likeness (QED) is 0.579. The van der Waals surface area contributed by atoms with Crippen LogP contribution in [-0.2, 0) is 4.74 Å². The number of hydrogen-bond acceptors (Lipinski definition) is 1. The molecule has 0 aromatic rings. The van der Waals surface area contributed by atoms with E-state index in [-0.39, 0.29) is 0 Å². The van der Waals surface area contributed by atoms with Crippen LogP contribution in [-0.4, -0.2) is 6.10 Å². The molecule has 1 heteroatoms. The molecule has 0 N–H and O–H groups in total. The minimum absolute atomic E-state index is 0.506. The first kappa shape index (κ1) is 14.9. The van der Waals surface area contributed by atoms with Crippen molar-refractivity contribution < 1.29 is 4.74 Å². The second-order valence-electron chi connectivity index (χ2n) is 6.87. The van der Waals surface area contributed by atoms with Crippen molar-refractivity contribution in [3.63, 3.8) is 0 Å². The Balaban J connectivity index is 1.73. The smallest absolute Gasteiger partial charge is 0.0981 e. The molecule has 0 aromatic heterocycles. The van der Waals surface area contributed by atoms with E-state index in [0.717, 1.165) is 24.2 Å². The predicted octanol–water partition coefficient (Wildman–Crippen LogP) is 5.70. The molecule has 19 heavy (non-hydrogen) atoms. The van der Waals surface area contributed by atoms with Gasteiger partial charge in [-0.3, -0.25) is 0 Å². The summed E-state index contributed by atoms with van der Waals surface area (Å²) in [6.07, 6.45) is 18.3. The lowest BCUT2D eigenvalue weighted by molar-refractivity contribution is 0.0523. The normalized spacial score (nSPS) is 36.5. The fourth-order valence-electron chi connectivity index (χ4n) is 3.89. The van der Waals surface area contributed by atoms with Gasteiger partial charge >= 0.3 is 0 Å². The Hall–Kier alpha value is -0.460. The second kappa shape index (κ2) is 7.97. The molecular formula is C18H32O. The molecule has 2 saturated carbocycles. The highest BCUT2D eigenvalue weighted by Crippen LogP contribution is 2.40. The molecule has 0 amide bonds. The summed E-state index contributed by atoms with van der Waals surface area (Å²) >= 11 is 0. The average molecular weight is 264 g/mol. The highest BCUT2D eigenvalue weighted by Gasteiger charge is 2.30. The summed E-state index contributed by atoms with van der Waals surface area (Å²) in [5, 5.41) is 0. The zero-order valence-corrected chi connectivity index (χ0v) is 12.9. The molecule has 2 fully saturated rings. The van der Waals surface area contributed by atoms with E-state index in [0.29, 0.717) is 6.10 Å². The Labute approximate surface area is 119 Å². The highest BCUT2D eigenvalue weighted by atomic mass is 16.5. The molecule has 0 aliphatic heterocycles. The van der Waals surface area contributed by atoms with Gasteiger partial charge < -0.3 is 4.74 Å². The third kappa shape index (κ3) is 4.85. The summed E-state index contributed by atoms with van der Waals surface area (Å²) in [6.45, 7) is 4.63. The van der Waals surface area contributed by atoms with Crippen LogP contribution >= 0.6 is 0 Å². The van der Waals surface area contributed by atoms with E-state index in [1.807, 2.05) is 6.26 Å². The van der Waals surface area contributed by atoms with Crippen molar-refractivity contribution >= 4 is 0 Å². The largest absolute Gasteiger partial charge is 0.498 e. The lowest BCUT2D eigenvalue weighted by Crippen LogP contribution is -2.29. The fourth-order valence-corrected chi connectivity index (χ4v) is 3.89. The third-order valence-electron chi connectivity index (χ3n) is 5.22. The maximum Gasteiger partial charge on any atom is 0.0981 e. The molecule has 0 heterocycles. The van der Waals surface area contributed by atoms with Crippen molar-refractivity contribution in [1.29, 1.82) is 0 Å². The highest BCUT2D eigenvalue weighted by molar-refractivity contribution is 4.83. The Morgan fingerprint density at radius 3 is 2.53 bits per heavy atom. The van der Waals surface area contributed by atoms with Crippen LogP contribution in [0, 0.1) is 17.8 Å². The van der Waals surface area contributed by atoms with Crippen LogP contribution in [0.4, 0.5) is 0 Å². The first-order chi connectivity index (χ1) is 9.29. The van der Waals surface area contributed by atoms with Crippen molar-refractivity contribution in [1.82, 2.24) is 0 Å². The molecule has 0 aromatic carbocycles. The zero-order valence-electron chi connectivity index (χ0n) is 12.9. The maximum atomic E-state index is 5.95. The van der Waals surface area contributed by atoms with E-state index >= 15 is 0 Å². The van der Waals surface area contributed by atoms with Gasteiger partial charge in [-0.25, -0.2) is 0 Å². The van der Waals surface area contributed by atoms with Crippen molar-refractivity contribution in [3.05, 3.63) is 12.3 Å². The van der Waals surface area contributed by atoms with Gasteiger partial charge in [0.1, 0.15) is 0 Å². The SMILES string of the molecule is CCC/C=C/O[C@@H]1CCC[C@@H](C2CCC(C)CC2)C1. The molecule has 0 unspecified atom stereocenters. The van der Waals surface area contributed by atoms with Crippen molar-refractivity contribution in [2.45, 2.75) is 84.2 Å². The topological polar surface area (TPSA) is 9.23 Å². The average Bonchev–Trinajstić information content (AvgIpc) is 2.45. The number of hydrogen-bond donors (Lipinski definition) is 0. The number of allylic oxidation sites excluding steroid dienone is 1. The van der Waals surface area contributed by atoms with Gasteiger partial charge in [0.2, 0.25) is 0 Å². The molecule has 110 valence electrons. The lowest BCUT2D eigenvalue weighted by Gasteiger charge is -2.37. The van der Waals surface area contributed by atoms with E-state index in [1.165, 1.54) is 57.8 Å². The minimum atomic E-state index is 0.506. The van der Waals surface area contributed by atoms with Crippen LogP contribution in [0.5, 0.6) is 0 Å². The molecule has 2 aliphatic rings. The van der Waals surface area contributed by atoms with E-state index < -0.39 is 0 Å². The molecule has 2 atom stereocenters. The molecule has 2 aliphatic carbocycles. The second-order valence-corrected chi connectivity index (χ2v) is 6.87. The summed E-state index contributed by atoms with van der Waals surface area (Å²) < 4.78 is 5.95. The van der Waals surface area contributed by atoms with E-state index in [4.69, 9.17) is 4.74 Å². The van der Waals surface area contributed by atoms with Crippen LogP contribution < -0.4 is 0 Å². The van der Waals surface area contributed by atoms with Gasteiger partial charge in [-0.15, -0.1) is 0 Å².